The van der Waals surface area contributed by atoms with Gasteiger partial charge in [0.2, 0.25) is 0 Å². The zero-order chi connectivity index (χ0) is 16.7. The third-order valence-electron chi connectivity index (χ3n) is 3.22. The van der Waals surface area contributed by atoms with Gasteiger partial charge in [-0.3, -0.25) is 4.57 Å². The number of halogens is 2. The van der Waals surface area contributed by atoms with Crippen molar-refractivity contribution >= 4 is 5.96 Å². The van der Waals surface area contributed by atoms with Gasteiger partial charge in [-0.15, -0.1) is 0 Å². The zero-order valence-corrected chi connectivity index (χ0v) is 13.3. The van der Waals surface area contributed by atoms with E-state index < -0.39 is 6.55 Å². The summed E-state index contributed by atoms with van der Waals surface area (Å²) in [6, 6.07) is 8.08. The van der Waals surface area contributed by atoms with Gasteiger partial charge < -0.3 is 10.6 Å². The van der Waals surface area contributed by atoms with Crippen LogP contribution in [0.1, 0.15) is 30.4 Å². The first-order valence-electron chi connectivity index (χ1n) is 7.47. The average Bonchev–Trinajstić information content (AvgIpc) is 2.99. The highest BCUT2D eigenvalue weighted by Gasteiger charge is 2.11. The normalized spacial score (nSPS) is 11.8. The molecule has 0 spiro atoms. The van der Waals surface area contributed by atoms with Crippen molar-refractivity contribution in [2.75, 3.05) is 6.54 Å². The van der Waals surface area contributed by atoms with E-state index in [-0.39, 0.29) is 12.4 Å². The van der Waals surface area contributed by atoms with Crippen LogP contribution in [0, 0.1) is 6.92 Å². The summed E-state index contributed by atoms with van der Waals surface area (Å²) < 4.78 is 26.4. The molecule has 2 aromatic rings. The molecule has 7 heteroatoms. The van der Waals surface area contributed by atoms with Gasteiger partial charge in [0.15, 0.2) is 5.96 Å². The third kappa shape index (κ3) is 5.05. The van der Waals surface area contributed by atoms with E-state index >= 15 is 0 Å². The first-order chi connectivity index (χ1) is 11.1. The predicted molar refractivity (Wildman–Crippen MR) is 86.3 cm³/mol. The summed E-state index contributed by atoms with van der Waals surface area (Å²) >= 11 is 0. The minimum Gasteiger partial charge on any atom is -0.357 e. The van der Waals surface area contributed by atoms with Gasteiger partial charge in [-0.2, -0.15) is 8.78 Å². The number of hydrogen-bond acceptors (Lipinski definition) is 2. The second-order valence-electron chi connectivity index (χ2n) is 5.07. The first-order valence-corrected chi connectivity index (χ1v) is 7.47. The van der Waals surface area contributed by atoms with Crippen LogP contribution in [0.2, 0.25) is 0 Å². The fourth-order valence-electron chi connectivity index (χ4n) is 2.14. The van der Waals surface area contributed by atoms with Crippen LogP contribution >= 0.6 is 0 Å². The molecule has 0 bridgehead atoms. The highest BCUT2D eigenvalue weighted by Crippen LogP contribution is 2.12. The van der Waals surface area contributed by atoms with Crippen LogP contribution in [0.15, 0.2) is 41.7 Å². The molecule has 0 atom stereocenters. The summed E-state index contributed by atoms with van der Waals surface area (Å²) in [4.78, 5) is 8.41. The molecule has 2 rings (SSSR count). The number of aromatic nitrogens is 2. The van der Waals surface area contributed by atoms with Crippen LogP contribution in [-0.2, 0) is 13.1 Å². The van der Waals surface area contributed by atoms with E-state index in [0.717, 1.165) is 10.1 Å². The molecule has 5 nitrogen and oxygen atoms in total. The second-order valence-corrected chi connectivity index (χ2v) is 5.07. The Morgan fingerprint density at radius 3 is 2.87 bits per heavy atom. The van der Waals surface area contributed by atoms with E-state index in [4.69, 9.17) is 0 Å². The van der Waals surface area contributed by atoms with Crippen molar-refractivity contribution < 1.29 is 8.78 Å². The average molecular weight is 321 g/mol. The predicted octanol–water partition coefficient (Wildman–Crippen LogP) is 2.84. The number of nitrogens with one attached hydrogen (secondary N) is 2. The number of aryl methyl sites for hydroxylation is 1. The lowest BCUT2D eigenvalue weighted by molar-refractivity contribution is 0.0668. The van der Waals surface area contributed by atoms with Crippen molar-refractivity contribution in [1.82, 2.24) is 20.2 Å². The van der Waals surface area contributed by atoms with Crippen molar-refractivity contribution in [1.29, 1.82) is 0 Å². The molecule has 0 aliphatic carbocycles. The number of alkyl halides is 2. The summed E-state index contributed by atoms with van der Waals surface area (Å²) in [5.41, 5.74) is 2.27. The first kappa shape index (κ1) is 16.9. The molecule has 0 saturated carbocycles. The van der Waals surface area contributed by atoms with Crippen molar-refractivity contribution in [3.05, 3.63) is 53.6 Å². The van der Waals surface area contributed by atoms with Gasteiger partial charge in [0, 0.05) is 18.9 Å². The highest BCUT2D eigenvalue weighted by atomic mass is 19.3. The van der Waals surface area contributed by atoms with Crippen molar-refractivity contribution in [2.45, 2.75) is 33.5 Å². The van der Waals surface area contributed by atoms with Crippen LogP contribution in [0.3, 0.4) is 0 Å². The number of imidazole rings is 1. The van der Waals surface area contributed by atoms with E-state index in [2.05, 4.69) is 26.7 Å². The Kier molecular flexibility index (Phi) is 6.08. The van der Waals surface area contributed by atoms with E-state index in [1.807, 2.05) is 32.0 Å². The molecule has 124 valence electrons. The largest absolute Gasteiger partial charge is 0.357 e. The monoisotopic (exact) mass is 321 g/mol. The zero-order valence-electron chi connectivity index (χ0n) is 13.3. The molecule has 0 radical (unpaired) electrons. The fourth-order valence-corrected chi connectivity index (χ4v) is 2.14. The van der Waals surface area contributed by atoms with E-state index in [1.165, 1.54) is 18.0 Å². The van der Waals surface area contributed by atoms with Gasteiger partial charge in [0.05, 0.1) is 13.1 Å². The number of hydrogen-bond donors (Lipinski definition) is 2. The maximum Gasteiger partial charge on any atom is 0.319 e. The maximum atomic E-state index is 12.8. The summed E-state index contributed by atoms with van der Waals surface area (Å²) in [5, 5.41) is 6.12. The Morgan fingerprint density at radius 1 is 1.35 bits per heavy atom. The van der Waals surface area contributed by atoms with Gasteiger partial charge in [-0.05, 0) is 19.4 Å². The molecule has 0 fully saturated rings. The number of rotatable bonds is 6. The number of benzene rings is 1. The van der Waals surface area contributed by atoms with E-state index in [9.17, 15) is 8.78 Å². The Balaban J connectivity index is 2.00. The molecule has 0 amide bonds. The van der Waals surface area contributed by atoms with Gasteiger partial charge in [-0.25, -0.2) is 9.98 Å². The standard InChI is InChI=1S/C16H21F2N5/c1-3-19-16(21-10-13-6-4-5-12(2)9-13)22-11-14-20-7-8-23(14)15(17)18/h4-9,15H,3,10-11H2,1-2H3,(H2,19,21,22). The lowest BCUT2D eigenvalue weighted by Crippen LogP contribution is -2.37. The van der Waals surface area contributed by atoms with Gasteiger partial charge in [-0.1, -0.05) is 29.8 Å². The number of guanidine groups is 1. The Morgan fingerprint density at radius 2 is 2.17 bits per heavy atom. The maximum absolute atomic E-state index is 12.8. The molecular formula is C16H21F2N5. The van der Waals surface area contributed by atoms with Crippen LogP contribution in [-0.4, -0.2) is 22.1 Å². The van der Waals surface area contributed by atoms with Crippen LogP contribution in [0.4, 0.5) is 8.78 Å². The molecule has 23 heavy (non-hydrogen) atoms. The molecule has 1 aromatic carbocycles. The van der Waals surface area contributed by atoms with Crippen molar-refractivity contribution in [3.63, 3.8) is 0 Å². The third-order valence-corrected chi connectivity index (χ3v) is 3.22. The molecule has 0 unspecified atom stereocenters. The second kappa shape index (κ2) is 8.26. The smallest absolute Gasteiger partial charge is 0.319 e. The van der Waals surface area contributed by atoms with E-state index in [1.54, 1.807) is 0 Å². The summed E-state index contributed by atoms with van der Waals surface area (Å²) in [6.45, 7) is 2.76. The summed E-state index contributed by atoms with van der Waals surface area (Å²) in [7, 11) is 0. The van der Waals surface area contributed by atoms with E-state index in [0.29, 0.717) is 19.0 Å². The van der Waals surface area contributed by atoms with Crippen LogP contribution in [0.25, 0.3) is 0 Å². The number of aliphatic imine (C=N–C) groups is 1. The molecule has 1 aromatic heterocycles. The molecule has 2 N–H and O–H groups in total. The van der Waals surface area contributed by atoms with Gasteiger partial charge in [0.1, 0.15) is 5.82 Å². The molecule has 1 heterocycles. The van der Waals surface area contributed by atoms with Gasteiger partial charge in [0.25, 0.3) is 0 Å². The molecule has 0 aliphatic heterocycles. The van der Waals surface area contributed by atoms with Gasteiger partial charge >= 0.3 is 6.55 Å². The minimum absolute atomic E-state index is 0.178. The topological polar surface area (TPSA) is 54.2 Å². The molecular weight excluding hydrogens is 300 g/mol. The molecule has 0 aliphatic rings. The highest BCUT2D eigenvalue weighted by molar-refractivity contribution is 5.79. The van der Waals surface area contributed by atoms with Crippen LogP contribution in [0.5, 0.6) is 0 Å². The fraction of sp³-hybridized carbons (Fsp3) is 0.375. The van der Waals surface area contributed by atoms with Crippen molar-refractivity contribution in [3.8, 4) is 0 Å². The Bertz CT molecular complexity index is 651. The molecule has 0 saturated heterocycles. The Hall–Kier alpha value is -2.44. The summed E-state index contributed by atoms with van der Waals surface area (Å²) in [5.74, 6) is 0.832. The number of nitrogens with zero attached hydrogens (tertiary/aromatic N) is 3. The lowest BCUT2D eigenvalue weighted by Gasteiger charge is -2.12. The van der Waals surface area contributed by atoms with Crippen LogP contribution < -0.4 is 10.6 Å². The summed E-state index contributed by atoms with van der Waals surface area (Å²) in [6.07, 6.45) is 2.62. The SMILES string of the molecule is CCNC(=NCc1cccc(C)c1)NCc1nccn1C(F)F. The Labute approximate surface area is 134 Å². The lowest BCUT2D eigenvalue weighted by atomic mass is 10.1. The minimum atomic E-state index is -2.60. The van der Waals surface area contributed by atoms with Crippen molar-refractivity contribution in [2.24, 2.45) is 4.99 Å². The quantitative estimate of drug-likeness (QED) is 0.635.